The predicted octanol–water partition coefficient (Wildman–Crippen LogP) is 15.0. The lowest BCUT2D eigenvalue weighted by Gasteiger charge is -2.16. The fourth-order valence-electron chi connectivity index (χ4n) is 8.20. The molecule has 10 aromatic rings. The number of aliphatic imine (C=N–C) groups is 1. The monoisotopic (exact) mass is 804 g/mol. The fourth-order valence-corrected chi connectivity index (χ4v) is 9.44. The molecule has 5 nitrogen and oxygen atoms in total. The van der Waals surface area contributed by atoms with Crippen LogP contribution in [-0.2, 0) is 0 Å². The fraction of sp³-hybridized carbons (Fsp3) is 0.0545. The van der Waals surface area contributed by atoms with E-state index in [4.69, 9.17) is 30.9 Å². The highest BCUT2D eigenvalue weighted by atomic mass is 32.1. The van der Waals surface area contributed by atoms with Crippen molar-refractivity contribution in [1.29, 1.82) is 0 Å². The Morgan fingerprint density at radius 2 is 1.28 bits per heavy atom. The highest BCUT2D eigenvalue weighted by Gasteiger charge is 2.21. The zero-order valence-electron chi connectivity index (χ0n) is 33.9. The molecule has 0 unspecified atom stereocenters. The third-order valence-electron chi connectivity index (χ3n) is 11.3. The largest absolute Gasteiger partial charge is 0.456 e. The maximum absolute atomic E-state index is 6.65. The smallest absolute Gasteiger partial charge is 0.164 e. The summed E-state index contributed by atoms with van der Waals surface area (Å²) in [5.74, 6) is 1.80. The van der Waals surface area contributed by atoms with Crippen LogP contribution in [0.5, 0.6) is 0 Å². The molecule has 0 atom stereocenters. The van der Waals surface area contributed by atoms with Gasteiger partial charge in [-0.05, 0) is 59.9 Å². The first-order valence-electron chi connectivity index (χ1n) is 20.4. The molecule has 0 N–H and O–H groups in total. The van der Waals surface area contributed by atoms with E-state index in [1.165, 1.54) is 20.2 Å². The molecule has 0 aliphatic heterocycles. The van der Waals surface area contributed by atoms with Crippen molar-refractivity contribution in [3.8, 4) is 34.2 Å². The van der Waals surface area contributed by atoms with Gasteiger partial charge in [0.2, 0.25) is 0 Å². The topological polar surface area (TPSA) is 64.2 Å². The SMILES string of the molecule is C=C/C(C(=C)c1cccc2c1sc1ccccc12)=C(/N=C(CC)c1ccc2c(c1)oc1cccc(-c3nc(-c4ccccc4)nc(-c4ccccc4)n3)c12)c1ccccc1C. The van der Waals surface area contributed by atoms with E-state index in [2.05, 4.69) is 111 Å². The Morgan fingerprint density at radius 3 is 2.00 bits per heavy atom. The van der Waals surface area contributed by atoms with Crippen molar-refractivity contribution in [2.45, 2.75) is 20.3 Å². The normalized spacial score (nSPS) is 12.3. The summed E-state index contributed by atoms with van der Waals surface area (Å²) in [6, 6.07) is 56.0. The number of aryl methyl sites for hydroxylation is 1. The third-order valence-corrected chi connectivity index (χ3v) is 12.5. The maximum atomic E-state index is 6.65. The average molecular weight is 805 g/mol. The molecule has 0 aliphatic carbocycles. The Morgan fingerprint density at radius 1 is 0.639 bits per heavy atom. The number of fused-ring (bicyclic) bond motifs is 6. The van der Waals surface area contributed by atoms with Gasteiger partial charge in [-0.3, -0.25) is 4.99 Å². The molecule has 7 aromatic carbocycles. The Bertz CT molecular complexity index is 3330. The Labute approximate surface area is 358 Å². The first kappa shape index (κ1) is 37.7. The van der Waals surface area contributed by atoms with E-state index in [9.17, 15) is 0 Å². The van der Waals surface area contributed by atoms with Crippen LogP contribution in [0.15, 0.2) is 198 Å². The Kier molecular flexibility index (Phi) is 9.83. The van der Waals surface area contributed by atoms with Crippen LogP contribution >= 0.6 is 11.3 Å². The minimum atomic E-state index is 0.581. The van der Waals surface area contributed by atoms with Crippen LogP contribution in [0.25, 0.3) is 87.5 Å². The molecule has 10 rings (SSSR count). The summed E-state index contributed by atoms with van der Waals surface area (Å²) in [6.45, 7) is 13.3. The molecule has 0 radical (unpaired) electrons. The van der Waals surface area contributed by atoms with E-state index in [0.29, 0.717) is 23.9 Å². The number of rotatable bonds is 10. The quantitative estimate of drug-likeness (QED) is 0.102. The van der Waals surface area contributed by atoms with Crippen LogP contribution in [0.1, 0.15) is 35.6 Å². The van der Waals surface area contributed by atoms with E-state index in [1.54, 1.807) is 11.3 Å². The summed E-state index contributed by atoms with van der Waals surface area (Å²) in [4.78, 5) is 20.6. The third kappa shape index (κ3) is 6.87. The predicted molar refractivity (Wildman–Crippen MR) is 257 cm³/mol. The summed E-state index contributed by atoms with van der Waals surface area (Å²) in [7, 11) is 0. The molecule has 292 valence electrons. The van der Waals surface area contributed by atoms with Crippen molar-refractivity contribution < 1.29 is 4.42 Å². The minimum Gasteiger partial charge on any atom is -0.456 e. The van der Waals surface area contributed by atoms with Crippen LogP contribution < -0.4 is 0 Å². The first-order chi connectivity index (χ1) is 30.0. The van der Waals surface area contributed by atoms with Gasteiger partial charge in [0.15, 0.2) is 17.5 Å². The lowest BCUT2D eigenvalue weighted by atomic mass is 9.92. The number of furan rings is 1. The van der Waals surface area contributed by atoms with Crippen LogP contribution in [0.3, 0.4) is 0 Å². The van der Waals surface area contributed by atoms with E-state index in [-0.39, 0.29) is 0 Å². The Balaban J connectivity index is 1.11. The summed E-state index contributed by atoms with van der Waals surface area (Å²) in [5.41, 5.74) is 12.0. The molecular weight excluding hydrogens is 765 g/mol. The number of hydrogen-bond donors (Lipinski definition) is 0. The second-order valence-electron chi connectivity index (χ2n) is 15.0. The highest BCUT2D eigenvalue weighted by Crippen LogP contribution is 2.42. The van der Waals surface area contributed by atoms with E-state index >= 15 is 0 Å². The van der Waals surface area contributed by atoms with Crippen molar-refractivity contribution >= 4 is 70.4 Å². The van der Waals surface area contributed by atoms with Gasteiger partial charge in [0.05, 0.1) is 5.70 Å². The van der Waals surface area contributed by atoms with Gasteiger partial charge in [-0.15, -0.1) is 11.3 Å². The van der Waals surface area contributed by atoms with Crippen LogP contribution in [0.4, 0.5) is 0 Å². The molecule has 0 fully saturated rings. The lowest BCUT2D eigenvalue weighted by molar-refractivity contribution is 0.669. The molecule has 0 bridgehead atoms. The molecule has 3 heterocycles. The first-order valence-corrected chi connectivity index (χ1v) is 21.2. The molecular formula is C55H40N4OS. The van der Waals surface area contributed by atoms with Crippen LogP contribution in [0, 0.1) is 6.92 Å². The number of aromatic nitrogens is 3. The average Bonchev–Trinajstić information content (AvgIpc) is 3.89. The standard InChI is InChI=1S/C55H40N4OS/c1-5-39(35(4)41-26-17-27-43-42-25-15-16-30-49(42)61-52(41)43)51(40-24-14-13-19-34(40)3)56-46(6-2)38-31-32-44-48(33-38)60-47-29-18-28-45(50(44)47)55-58-53(36-20-9-7-10-21-36)57-54(59-55)37-22-11-8-12-23-37/h5,7-33H,1,4,6H2,2-3H3/b51-39-,56-46?. The molecule has 0 saturated heterocycles. The second kappa shape index (κ2) is 15.9. The number of allylic oxidation sites excluding steroid dienone is 3. The summed E-state index contributed by atoms with van der Waals surface area (Å²) in [5, 5.41) is 4.40. The van der Waals surface area contributed by atoms with Crippen molar-refractivity contribution in [2.24, 2.45) is 4.99 Å². The number of thiophene rings is 1. The number of nitrogens with zero attached hydrogens (tertiary/aromatic N) is 4. The number of benzene rings is 7. The molecule has 0 amide bonds. The molecule has 61 heavy (non-hydrogen) atoms. The summed E-state index contributed by atoms with van der Waals surface area (Å²) >= 11 is 1.80. The van der Waals surface area contributed by atoms with Gasteiger partial charge in [-0.1, -0.05) is 166 Å². The van der Waals surface area contributed by atoms with Gasteiger partial charge >= 0.3 is 0 Å². The van der Waals surface area contributed by atoms with Gasteiger partial charge < -0.3 is 4.42 Å². The van der Waals surface area contributed by atoms with Crippen LogP contribution in [-0.4, -0.2) is 20.7 Å². The number of hydrogen-bond acceptors (Lipinski definition) is 6. The van der Waals surface area contributed by atoms with E-state index in [1.807, 2.05) is 78.9 Å². The van der Waals surface area contributed by atoms with Crippen molar-refractivity contribution in [3.05, 3.63) is 211 Å². The van der Waals surface area contributed by atoms with E-state index < -0.39 is 0 Å². The Hall–Kier alpha value is -7.54. The van der Waals surface area contributed by atoms with Crippen molar-refractivity contribution in [2.75, 3.05) is 0 Å². The molecule has 0 saturated carbocycles. The zero-order chi connectivity index (χ0) is 41.5. The van der Waals surface area contributed by atoms with Crippen molar-refractivity contribution in [3.63, 3.8) is 0 Å². The molecule has 0 aliphatic rings. The lowest BCUT2D eigenvalue weighted by Crippen LogP contribution is -2.02. The van der Waals surface area contributed by atoms with Gasteiger partial charge in [0.25, 0.3) is 0 Å². The summed E-state index contributed by atoms with van der Waals surface area (Å²) < 4.78 is 9.11. The van der Waals surface area contributed by atoms with Gasteiger partial charge in [-0.25, -0.2) is 15.0 Å². The molecule has 0 spiro atoms. The second-order valence-corrected chi connectivity index (χ2v) is 16.0. The minimum absolute atomic E-state index is 0.581. The van der Waals surface area contributed by atoms with Crippen LogP contribution in [0.2, 0.25) is 0 Å². The van der Waals surface area contributed by atoms with E-state index in [0.717, 1.165) is 83.4 Å². The zero-order valence-corrected chi connectivity index (χ0v) is 34.7. The maximum Gasteiger partial charge on any atom is 0.164 e. The van der Waals surface area contributed by atoms with Crippen molar-refractivity contribution in [1.82, 2.24) is 15.0 Å². The molecule has 3 aromatic heterocycles. The van der Waals surface area contributed by atoms with Gasteiger partial charge in [0.1, 0.15) is 11.2 Å². The van der Waals surface area contributed by atoms with Gasteiger partial charge in [0, 0.05) is 64.5 Å². The molecule has 6 heteroatoms. The highest BCUT2D eigenvalue weighted by molar-refractivity contribution is 7.26. The van der Waals surface area contributed by atoms with Gasteiger partial charge in [-0.2, -0.15) is 0 Å². The summed E-state index contributed by atoms with van der Waals surface area (Å²) in [6.07, 6.45) is 2.59.